The number of hydrogen-bond donors (Lipinski definition) is 0. The third-order valence-corrected chi connectivity index (χ3v) is 5.99. The van der Waals surface area contributed by atoms with Crippen LogP contribution in [-0.4, -0.2) is 70.5 Å². The fourth-order valence-electron chi connectivity index (χ4n) is 4.48. The number of fused-ring (bicyclic) bond motifs is 1. The van der Waals surface area contributed by atoms with Crippen molar-refractivity contribution in [3.05, 3.63) is 35.4 Å². The van der Waals surface area contributed by atoms with Crippen molar-refractivity contribution in [2.45, 2.75) is 38.6 Å². The van der Waals surface area contributed by atoms with Crippen molar-refractivity contribution < 1.29 is 19.2 Å². The van der Waals surface area contributed by atoms with Crippen LogP contribution in [-0.2, 0) is 9.59 Å². The quantitative estimate of drug-likeness (QED) is 0.739. The summed E-state index contributed by atoms with van der Waals surface area (Å²) in [6, 6.07) is 6.30. The van der Waals surface area contributed by atoms with Crippen molar-refractivity contribution >= 4 is 23.6 Å². The molecule has 1 aromatic rings. The van der Waals surface area contributed by atoms with Crippen LogP contribution in [0.15, 0.2) is 24.3 Å². The van der Waals surface area contributed by atoms with E-state index in [0.717, 1.165) is 37.3 Å². The molecule has 0 N–H and O–H groups in total. The number of imide groups is 1. The van der Waals surface area contributed by atoms with Crippen LogP contribution in [0, 0.1) is 5.92 Å². The molecule has 4 rings (SSSR count). The van der Waals surface area contributed by atoms with E-state index in [4.69, 9.17) is 0 Å². The standard InChI is InChI=1S/C21H25N3O4/c1-14(13-24-19(26)15-7-2-3-8-16(15)20(24)27)18(25)23-12-6-9-17(23)21(28)22-10-4-5-11-22/h2-3,7-8,14,17H,4-6,9-13H2,1H3/t14?,17-/m0/s1. The van der Waals surface area contributed by atoms with Crippen LogP contribution in [0.5, 0.6) is 0 Å². The Morgan fingerprint density at radius 3 is 2.21 bits per heavy atom. The highest BCUT2D eigenvalue weighted by molar-refractivity contribution is 6.21. The van der Waals surface area contributed by atoms with Gasteiger partial charge in [-0.05, 0) is 37.8 Å². The first-order chi connectivity index (χ1) is 13.5. The molecule has 0 bridgehead atoms. The van der Waals surface area contributed by atoms with Crippen molar-refractivity contribution in [3.8, 4) is 0 Å². The number of benzene rings is 1. The molecule has 4 amide bonds. The summed E-state index contributed by atoms with van der Waals surface area (Å²) in [6.45, 7) is 3.84. The lowest BCUT2D eigenvalue weighted by Gasteiger charge is -2.30. The Balaban J connectivity index is 1.44. The predicted octanol–water partition coefficient (Wildman–Crippen LogP) is 1.53. The second-order valence-corrected chi connectivity index (χ2v) is 7.89. The topological polar surface area (TPSA) is 78.0 Å². The molecule has 0 spiro atoms. The van der Waals surface area contributed by atoms with Crippen LogP contribution < -0.4 is 0 Å². The molecule has 7 heteroatoms. The van der Waals surface area contributed by atoms with Crippen LogP contribution in [0.1, 0.15) is 53.3 Å². The smallest absolute Gasteiger partial charge is 0.261 e. The molecule has 0 aliphatic carbocycles. The zero-order valence-electron chi connectivity index (χ0n) is 16.1. The summed E-state index contributed by atoms with van der Waals surface area (Å²) in [5, 5.41) is 0. The first-order valence-electron chi connectivity index (χ1n) is 10.0. The lowest BCUT2D eigenvalue weighted by Crippen LogP contribution is -2.50. The fourth-order valence-corrected chi connectivity index (χ4v) is 4.48. The number of carbonyl (C=O) groups is 4. The minimum absolute atomic E-state index is 0.0340. The zero-order valence-corrected chi connectivity index (χ0v) is 16.1. The van der Waals surface area contributed by atoms with E-state index in [0.29, 0.717) is 24.1 Å². The Morgan fingerprint density at radius 1 is 1.00 bits per heavy atom. The average molecular weight is 383 g/mol. The van der Waals surface area contributed by atoms with Gasteiger partial charge in [0.05, 0.1) is 17.0 Å². The van der Waals surface area contributed by atoms with E-state index in [-0.39, 0.29) is 30.2 Å². The van der Waals surface area contributed by atoms with Crippen molar-refractivity contribution in [2.75, 3.05) is 26.2 Å². The molecule has 2 saturated heterocycles. The zero-order chi connectivity index (χ0) is 19.8. The summed E-state index contributed by atoms with van der Waals surface area (Å²) in [5.41, 5.74) is 0.769. The van der Waals surface area contributed by atoms with Crippen molar-refractivity contribution in [1.29, 1.82) is 0 Å². The molecule has 3 aliphatic rings. The number of likely N-dealkylation sites (tertiary alicyclic amines) is 2. The molecule has 28 heavy (non-hydrogen) atoms. The highest BCUT2D eigenvalue weighted by Gasteiger charge is 2.41. The SMILES string of the molecule is CC(CN1C(=O)c2ccccc2C1=O)C(=O)N1CCC[C@H]1C(=O)N1CCCC1. The van der Waals surface area contributed by atoms with Gasteiger partial charge in [-0.25, -0.2) is 0 Å². The van der Waals surface area contributed by atoms with Gasteiger partial charge in [0, 0.05) is 26.2 Å². The molecule has 0 aromatic heterocycles. The third-order valence-electron chi connectivity index (χ3n) is 5.99. The molecular formula is C21H25N3O4. The summed E-state index contributed by atoms with van der Waals surface area (Å²) in [4.78, 5) is 55.6. The molecule has 1 aromatic carbocycles. The van der Waals surface area contributed by atoms with Gasteiger partial charge in [0.15, 0.2) is 0 Å². The molecule has 2 atom stereocenters. The first kappa shape index (κ1) is 18.7. The Bertz CT molecular complexity index is 796. The Labute approximate surface area is 164 Å². The Kier molecular flexibility index (Phi) is 4.91. The van der Waals surface area contributed by atoms with Gasteiger partial charge < -0.3 is 9.80 Å². The van der Waals surface area contributed by atoms with Crippen LogP contribution in [0.3, 0.4) is 0 Å². The van der Waals surface area contributed by atoms with E-state index in [9.17, 15) is 19.2 Å². The second kappa shape index (κ2) is 7.37. The minimum atomic E-state index is -0.547. The van der Waals surface area contributed by atoms with E-state index in [2.05, 4.69) is 0 Å². The molecule has 1 unspecified atom stereocenters. The second-order valence-electron chi connectivity index (χ2n) is 7.89. The van der Waals surface area contributed by atoms with Crippen molar-refractivity contribution in [2.24, 2.45) is 5.92 Å². The van der Waals surface area contributed by atoms with Gasteiger partial charge in [0.25, 0.3) is 11.8 Å². The minimum Gasteiger partial charge on any atom is -0.341 e. The van der Waals surface area contributed by atoms with E-state index < -0.39 is 12.0 Å². The van der Waals surface area contributed by atoms with Crippen LogP contribution in [0.4, 0.5) is 0 Å². The van der Waals surface area contributed by atoms with Gasteiger partial charge in [0.1, 0.15) is 6.04 Å². The van der Waals surface area contributed by atoms with Gasteiger partial charge in [-0.2, -0.15) is 0 Å². The van der Waals surface area contributed by atoms with Crippen LogP contribution in [0.2, 0.25) is 0 Å². The maximum Gasteiger partial charge on any atom is 0.261 e. The molecule has 7 nitrogen and oxygen atoms in total. The lowest BCUT2D eigenvalue weighted by molar-refractivity contribution is -0.145. The third kappa shape index (κ3) is 3.08. The number of carbonyl (C=O) groups excluding carboxylic acids is 4. The van der Waals surface area contributed by atoms with Crippen LogP contribution in [0.25, 0.3) is 0 Å². The molecule has 3 heterocycles. The van der Waals surface area contributed by atoms with E-state index in [1.165, 1.54) is 0 Å². The number of hydrogen-bond acceptors (Lipinski definition) is 4. The predicted molar refractivity (Wildman–Crippen MR) is 102 cm³/mol. The van der Waals surface area contributed by atoms with Gasteiger partial charge in [-0.3, -0.25) is 24.1 Å². The van der Waals surface area contributed by atoms with Crippen molar-refractivity contribution in [1.82, 2.24) is 14.7 Å². The Hall–Kier alpha value is -2.70. The summed E-state index contributed by atoms with van der Waals surface area (Å²) in [7, 11) is 0. The molecule has 0 saturated carbocycles. The van der Waals surface area contributed by atoms with E-state index >= 15 is 0 Å². The number of amides is 4. The maximum absolute atomic E-state index is 13.1. The molecule has 3 aliphatic heterocycles. The van der Waals surface area contributed by atoms with Crippen molar-refractivity contribution in [3.63, 3.8) is 0 Å². The van der Waals surface area contributed by atoms with Gasteiger partial charge in [-0.1, -0.05) is 19.1 Å². The van der Waals surface area contributed by atoms with Crippen LogP contribution >= 0.6 is 0 Å². The van der Waals surface area contributed by atoms with Gasteiger partial charge in [-0.15, -0.1) is 0 Å². The highest BCUT2D eigenvalue weighted by atomic mass is 16.2. The van der Waals surface area contributed by atoms with E-state index in [1.54, 1.807) is 36.1 Å². The summed E-state index contributed by atoms with van der Waals surface area (Å²) < 4.78 is 0. The summed E-state index contributed by atoms with van der Waals surface area (Å²) >= 11 is 0. The Morgan fingerprint density at radius 2 is 1.61 bits per heavy atom. The normalized spacial score (nSPS) is 22.8. The fraction of sp³-hybridized carbons (Fsp3) is 0.524. The van der Waals surface area contributed by atoms with Gasteiger partial charge >= 0.3 is 0 Å². The number of nitrogens with zero attached hydrogens (tertiary/aromatic N) is 3. The molecule has 2 fully saturated rings. The largest absolute Gasteiger partial charge is 0.341 e. The average Bonchev–Trinajstić information content (AvgIpc) is 3.45. The monoisotopic (exact) mass is 383 g/mol. The molecular weight excluding hydrogens is 358 g/mol. The summed E-state index contributed by atoms with van der Waals surface area (Å²) in [5.74, 6) is -1.38. The lowest BCUT2D eigenvalue weighted by atomic mass is 10.1. The summed E-state index contributed by atoms with van der Waals surface area (Å²) in [6.07, 6.45) is 3.52. The first-order valence-corrected chi connectivity index (χ1v) is 10.0. The maximum atomic E-state index is 13.1. The highest BCUT2D eigenvalue weighted by Crippen LogP contribution is 2.26. The van der Waals surface area contributed by atoms with Gasteiger partial charge in [0.2, 0.25) is 11.8 Å². The number of rotatable bonds is 4. The molecule has 148 valence electrons. The molecule has 0 radical (unpaired) electrons. The van der Waals surface area contributed by atoms with E-state index in [1.807, 2.05) is 4.90 Å².